The number of nitrogens with zero attached hydrogens (tertiary/aromatic N) is 1. The van der Waals surface area contributed by atoms with Crippen molar-refractivity contribution in [1.82, 2.24) is 4.90 Å². The van der Waals surface area contributed by atoms with Crippen LogP contribution < -0.4 is 9.47 Å². The third kappa shape index (κ3) is 4.65. The first-order valence-electron chi connectivity index (χ1n) is 10.5. The Morgan fingerprint density at radius 1 is 1.27 bits per heavy atom. The number of fused-ring (bicyclic) bond motifs is 1. The lowest BCUT2D eigenvalue weighted by atomic mass is 9.95. The fourth-order valence-corrected chi connectivity index (χ4v) is 4.70. The van der Waals surface area contributed by atoms with Crippen molar-refractivity contribution in [3.05, 3.63) is 57.6 Å². The summed E-state index contributed by atoms with van der Waals surface area (Å²) >= 11 is 3.74. The Hall–Kier alpha value is -2.05. The lowest BCUT2D eigenvalue weighted by Crippen LogP contribution is -2.26. The van der Waals surface area contributed by atoms with E-state index in [0.29, 0.717) is 18.8 Å². The number of aryl methyl sites for hydroxylation is 1. The molecule has 6 heteroatoms. The number of benzene rings is 2. The lowest BCUT2D eigenvalue weighted by molar-refractivity contribution is 0.198. The third-order valence-corrected chi connectivity index (χ3v) is 6.49. The number of alkyl halides is 1. The number of halogens is 2. The molecule has 1 saturated heterocycles. The first kappa shape index (κ1) is 21.2. The zero-order chi connectivity index (χ0) is 21.1. The second kappa shape index (κ2) is 9.40. The summed E-state index contributed by atoms with van der Waals surface area (Å²) in [4.78, 5) is 2.26. The van der Waals surface area contributed by atoms with Crippen LogP contribution in [0, 0.1) is 6.92 Å². The number of hydrogen-bond acceptors (Lipinski definition) is 4. The summed E-state index contributed by atoms with van der Waals surface area (Å²) in [5, 5.41) is 10.1. The van der Waals surface area contributed by atoms with Crippen LogP contribution >= 0.6 is 15.9 Å². The Bertz CT molecular complexity index is 929. The van der Waals surface area contributed by atoms with Crippen molar-refractivity contribution in [2.24, 2.45) is 0 Å². The highest BCUT2D eigenvalue weighted by atomic mass is 79.9. The molecule has 1 unspecified atom stereocenters. The molecule has 2 heterocycles. The molecular weight excluding hydrogens is 449 g/mol. The first-order chi connectivity index (χ1) is 14.5. The fourth-order valence-electron chi connectivity index (χ4n) is 4.10. The van der Waals surface area contributed by atoms with Gasteiger partial charge in [0.1, 0.15) is 23.4 Å². The molecule has 1 fully saturated rings. The van der Waals surface area contributed by atoms with E-state index in [0.717, 1.165) is 65.0 Å². The fraction of sp³-hybridized carbons (Fsp3) is 0.417. The van der Waals surface area contributed by atoms with Crippen molar-refractivity contribution in [3.8, 4) is 17.2 Å². The monoisotopic (exact) mass is 475 g/mol. The molecule has 2 aliphatic heterocycles. The van der Waals surface area contributed by atoms with E-state index in [1.165, 1.54) is 0 Å². The second-order valence-corrected chi connectivity index (χ2v) is 8.87. The van der Waals surface area contributed by atoms with Crippen molar-refractivity contribution in [1.29, 1.82) is 0 Å². The number of rotatable bonds is 6. The van der Waals surface area contributed by atoms with Gasteiger partial charge in [-0.05, 0) is 49.1 Å². The molecule has 1 N–H and O–H groups in total. The van der Waals surface area contributed by atoms with Crippen LogP contribution in [0.5, 0.6) is 17.2 Å². The van der Waals surface area contributed by atoms with Gasteiger partial charge in [-0.1, -0.05) is 28.1 Å². The topological polar surface area (TPSA) is 41.9 Å². The van der Waals surface area contributed by atoms with Crippen LogP contribution in [0.4, 0.5) is 4.39 Å². The van der Waals surface area contributed by atoms with E-state index in [1.54, 1.807) is 6.07 Å². The van der Waals surface area contributed by atoms with E-state index < -0.39 is 0 Å². The van der Waals surface area contributed by atoms with Gasteiger partial charge in [-0.15, -0.1) is 0 Å². The average Bonchev–Trinajstić information content (AvgIpc) is 3.11. The maximum atomic E-state index is 12.4. The van der Waals surface area contributed by atoms with Crippen molar-refractivity contribution in [3.63, 3.8) is 0 Å². The van der Waals surface area contributed by atoms with Crippen molar-refractivity contribution < 1.29 is 19.0 Å². The molecule has 0 spiro atoms. The summed E-state index contributed by atoms with van der Waals surface area (Å²) in [7, 11) is 0. The van der Waals surface area contributed by atoms with Crippen LogP contribution in [-0.2, 0) is 0 Å². The number of phenols is 1. The van der Waals surface area contributed by atoms with E-state index in [2.05, 4.69) is 33.0 Å². The molecule has 1 atom stereocenters. The normalized spacial score (nSPS) is 19.4. The zero-order valence-electron chi connectivity index (χ0n) is 17.2. The molecule has 4 rings (SSSR count). The van der Waals surface area contributed by atoms with E-state index in [9.17, 15) is 9.50 Å². The Balaban J connectivity index is 1.52. The van der Waals surface area contributed by atoms with Gasteiger partial charge in [-0.25, -0.2) is 0 Å². The molecule has 0 radical (unpaired) electrons. The molecule has 2 aromatic carbocycles. The number of hydrogen-bond donors (Lipinski definition) is 1. The maximum Gasteiger partial charge on any atom is 0.130 e. The minimum absolute atomic E-state index is 0.152. The van der Waals surface area contributed by atoms with Gasteiger partial charge < -0.3 is 14.6 Å². The third-order valence-electron chi connectivity index (χ3n) is 5.70. The van der Waals surface area contributed by atoms with Gasteiger partial charge in [0.25, 0.3) is 0 Å². The molecule has 0 aliphatic carbocycles. The summed E-state index contributed by atoms with van der Waals surface area (Å²) in [6, 6.07) is 11.8. The Kier molecular flexibility index (Phi) is 6.64. The van der Waals surface area contributed by atoms with Crippen molar-refractivity contribution in [2.75, 3.05) is 32.9 Å². The summed E-state index contributed by atoms with van der Waals surface area (Å²) < 4.78 is 25.5. The summed E-state index contributed by atoms with van der Waals surface area (Å²) in [5.74, 6) is 1.79. The van der Waals surface area contributed by atoms with E-state index in [1.807, 2.05) is 25.1 Å². The van der Waals surface area contributed by atoms with Crippen molar-refractivity contribution >= 4 is 21.5 Å². The molecule has 2 aromatic rings. The smallest absolute Gasteiger partial charge is 0.130 e. The lowest BCUT2D eigenvalue weighted by Gasteiger charge is -2.17. The van der Waals surface area contributed by atoms with Gasteiger partial charge in [0.2, 0.25) is 0 Å². The first-order valence-corrected chi connectivity index (χ1v) is 11.3. The standard InChI is InChI=1S/C24H27BrFNO3/c1-16-13-20-23(14-22(16)28)29-12-8-21(25)24(20)17-3-5-18(6-4-17)30-19-7-11-27(15-19)10-2-9-26/h3-6,13-14,19,28H,2,7-12,15H2,1H3. The SMILES string of the molecule is Cc1cc2c(cc1O)OCCC(Br)=C2c1ccc(OC2CCN(CCCF)C2)cc1. The summed E-state index contributed by atoms with van der Waals surface area (Å²) in [6.07, 6.45) is 2.48. The van der Waals surface area contributed by atoms with Gasteiger partial charge >= 0.3 is 0 Å². The summed E-state index contributed by atoms with van der Waals surface area (Å²) in [6.45, 7) is 4.80. The molecule has 0 aromatic heterocycles. The highest BCUT2D eigenvalue weighted by molar-refractivity contribution is 9.11. The van der Waals surface area contributed by atoms with Crippen LogP contribution in [0.2, 0.25) is 0 Å². The van der Waals surface area contributed by atoms with Crippen LogP contribution in [0.15, 0.2) is 40.9 Å². The minimum atomic E-state index is -0.262. The van der Waals surface area contributed by atoms with E-state index >= 15 is 0 Å². The second-order valence-electron chi connectivity index (χ2n) is 7.91. The number of likely N-dealkylation sites (tertiary alicyclic amines) is 1. The largest absolute Gasteiger partial charge is 0.508 e. The zero-order valence-corrected chi connectivity index (χ0v) is 18.8. The highest BCUT2D eigenvalue weighted by Crippen LogP contribution is 2.42. The highest BCUT2D eigenvalue weighted by Gasteiger charge is 2.24. The van der Waals surface area contributed by atoms with Crippen molar-refractivity contribution in [2.45, 2.75) is 32.3 Å². The van der Waals surface area contributed by atoms with Gasteiger partial charge in [-0.2, -0.15) is 0 Å². The molecule has 0 saturated carbocycles. The van der Waals surface area contributed by atoms with Gasteiger partial charge in [0.05, 0.1) is 13.3 Å². The van der Waals surface area contributed by atoms with Crippen LogP contribution in [-0.4, -0.2) is 49.0 Å². The average molecular weight is 476 g/mol. The van der Waals surface area contributed by atoms with Gasteiger partial charge in [-0.3, -0.25) is 9.29 Å². The van der Waals surface area contributed by atoms with Gasteiger partial charge in [0, 0.05) is 47.7 Å². The van der Waals surface area contributed by atoms with E-state index in [4.69, 9.17) is 9.47 Å². The Labute approximate surface area is 185 Å². The van der Waals surface area contributed by atoms with Crippen LogP contribution in [0.3, 0.4) is 0 Å². The molecule has 30 heavy (non-hydrogen) atoms. The predicted octanol–water partition coefficient (Wildman–Crippen LogP) is 5.45. The molecule has 0 amide bonds. The molecule has 0 bridgehead atoms. The maximum absolute atomic E-state index is 12.4. The summed E-state index contributed by atoms with van der Waals surface area (Å²) in [5.41, 5.74) is 3.94. The quantitative estimate of drug-likeness (QED) is 0.602. The Morgan fingerprint density at radius 3 is 2.83 bits per heavy atom. The number of aromatic hydroxyl groups is 1. The molecule has 2 aliphatic rings. The number of phenolic OH excluding ortho intramolecular Hbond substituents is 1. The Morgan fingerprint density at radius 2 is 2.07 bits per heavy atom. The number of ether oxygens (including phenoxy) is 2. The molecule has 160 valence electrons. The molecule has 4 nitrogen and oxygen atoms in total. The van der Waals surface area contributed by atoms with E-state index in [-0.39, 0.29) is 18.5 Å². The van der Waals surface area contributed by atoms with Gasteiger partial charge in [0.15, 0.2) is 0 Å². The van der Waals surface area contributed by atoms with Crippen LogP contribution in [0.25, 0.3) is 5.57 Å². The van der Waals surface area contributed by atoms with Crippen LogP contribution in [0.1, 0.15) is 36.0 Å². The molecular formula is C24H27BrFNO3. The minimum Gasteiger partial charge on any atom is -0.508 e. The predicted molar refractivity (Wildman–Crippen MR) is 120 cm³/mol.